The third kappa shape index (κ3) is 6.04. The van der Waals surface area contributed by atoms with Crippen molar-refractivity contribution >= 4 is 35.1 Å². The van der Waals surface area contributed by atoms with Gasteiger partial charge in [-0.1, -0.05) is 66.0 Å². The molecule has 0 unspecified atom stereocenters. The van der Waals surface area contributed by atoms with E-state index in [1.54, 1.807) is 18.2 Å². The molecule has 0 saturated heterocycles. The van der Waals surface area contributed by atoms with Crippen LogP contribution < -0.4 is 5.32 Å². The van der Waals surface area contributed by atoms with Crippen LogP contribution in [0.3, 0.4) is 0 Å². The molecule has 0 heterocycles. The Bertz CT molecular complexity index is 775. The summed E-state index contributed by atoms with van der Waals surface area (Å²) in [7, 11) is 0. The molecule has 1 atom stereocenters. The maximum Gasteiger partial charge on any atom is 0.310 e. The van der Waals surface area contributed by atoms with Gasteiger partial charge in [-0.25, -0.2) is 0 Å². The van der Waals surface area contributed by atoms with Crippen LogP contribution in [-0.4, -0.2) is 18.5 Å². The maximum atomic E-state index is 12.1. The van der Waals surface area contributed by atoms with Gasteiger partial charge in [-0.15, -0.1) is 0 Å². The summed E-state index contributed by atoms with van der Waals surface area (Å²) in [5, 5.41) is 3.68. The van der Waals surface area contributed by atoms with Gasteiger partial charge in [-0.3, -0.25) is 9.59 Å². The number of benzene rings is 2. The maximum absolute atomic E-state index is 12.1. The second-order valence-corrected chi connectivity index (χ2v) is 6.84. The molecule has 0 aliphatic carbocycles. The van der Waals surface area contributed by atoms with Gasteiger partial charge in [0.1, 0.15) is 0 Å². The van der Waals surface area contributed by atoms with Gasteiger partial charge >= 0.3 is 5.97 Å². The van der Waals surface area contributed by atoms with E-state index in [2.05, 4.69) is 5.32 Å². The summed E-state index contributed by atoms with van der Waals surface area (Å²) in [4.78, 5) is 24.0. The van der Waals surface area contributed by atoms with Crippen molar-refractivity contribution in [2.75, 3.05) is 6.61 Å². The zero-order valence-electron chi connectivity index (χ0n) is 14.7. The Hall–Kier alpha value is -2.04. The van der Waals surface area contributed by atoms with Crippen LogP contribution >= 0.6 is 23.2 Å². The van der Waals surface area contributed by atoms with Crippen molar-refractivity contribution in [3.05, 3.63) is 69.2 Å². The van der Waals surface area contributed by atoms with Crippen LogP contribution in [0.1, 0.15) is 36.1 Å². The predicted molar refractivity (Wildman–Crippen MR) is 103 cm³/mol. The Kier molecular flexibility index (Phi) is 7.49. The fourth-order valence-electron chi connectivity index (χ4n) is 2.47. The van der Waals surface area contributed by atoms with Crippen molar-refractivity contribution in [3.63, 3.8) is 0 Å². The molecule has 2 aromatic carbocycles. The van der Waals surface area contributed by atoms with E-state index in [-0.39, 0.29) is 25.0 Å². The standard InChI is InChI=1S/C20H21Cl2NO3/c1-3-18(15-7-4-13(2)5-8-15)23-19(24)12-26-20(25)11-14-6-9-16(21)17(22)10-14/h4-10,18H,3,11-12H2,1-2H3,(H,23,24)/t18-/m0/s1. The first-order chi connectivity index (χ1) is 12.4. The van der Waals surface area contributed by atoms with E-state index in [4.69, 9.17) is 27.9 Å². The third-order valence-corrected chi connectivity index (χ3v) is 4.66. The summed E-state index contributed by atoms with van der Waals surface area (Å²) in [6.07, 6.45) is 0.769. The molecule has 0 saturated carbocycles. The molecule has 26 heavy (non-hydrogen) atoms. The number of nitrogens with one attached hydrogen (secondary N) is 1. The number of halogens is 2. The highest BCUT2D eigenvalue weighted by molar-refractivity contribution is 6.42. The van der Waals surface area contributed by atoms with E-state index in [1.807, 2.05) is 38.1 Å². The van der Waals surface area contributed by atoms with E-state index >= 15 is 0 Å². The molecule has 0 fully saturated rings. The number of rotatable bonds is 7. The van der Waals surface area contributed by atoms with Gasteiger partial charge in [0.2, 0.25) is 0 Å². The highest BCUT2D eigenvalue weighted by atomic mass is 35.5. The number of hydrogen-bond acceptors (Lipinski definition) is 3. The van der Waals surface area contributed by atoms with Gasteiger partial charge in [0.05, 0.1) is 22.5 Å². The topological polar surface area (TPSA) is 55.4 Å². The van der Waals surface area contributed by atoms with Crippen molar-refractivity contribution in [1.29, 1.82) is 0 Å². The van der Waals surface area contributed by atoms with E-state index in [0.717, 1.165) is 17.5 Å². The summed E-state index contributed by atoms with van der Waals surface area (Å²) in [5.41, 5.74) is 2.86. The Morgan fingerprint density at radius 2 is 1.77 bits per heavy atom. The van der Waals surface area contributed by atoms with E-state index in [1.165, 1.54) is 0 Å². The minimum absolute atomic E-state index is 0.0271. The molecular weight excluding hydrogens is 373 g/mol. The number of esters is 1. The molecule has 0 aliphatic rings. The summed E-state index contributed by atoms with van der Waals surface area (Å²) in [6.45, 7) is 3.68. The Balaban J connectivity index is 1.83. The average Bonchev–Trinajstić information content (AvgIpc) is 2.62. The second-order valence-electron chi connectivity index (χ2n) is 6.02. The molecule has 1 N–H and O–H groups in total. The van der Waals surface area contributed by atoms with E-state index in [0.29, 0.717) is 15.6 Å². The highest BCUT2D eigenvalue weighted by Gasteiger charge is 2.14. The largest absolute Gasteiger partial charge is 0.455 e. The van der Waals surface area contributed by atoms with Crippen molar-refractivity contribution < 1.29 is 14.3 Å². The van der Waals surface area contributed by atoms with Crippen LogP contribution in [0.5, 0.6) is 0 Å². The number of amides is 1. The Morgan fingerprint density at radius 1 is 1.08 bits per heavy atom. The molecule has 0 bridgehead atoms. The van der Waals surface area contributed by atoms with Crippen molar-refractivity contribution in [3.8, 4) is 0 Å². The lowest BCUT2D eigenvalue weighted by Gasteiger charge is -2.17. The molecule has 2 rings (SSSR count). The minimum atomic E-state index is -0.498. The van der Waals surface area contributed by atoms with Crippen LogP contribution in [0.25, 0.3) is 0 Å². The number of aryl methyl sites for hydroxylation is 1. The van der Waals surface area contributed by atoms with E-state index < -0.39 is 5.97 Å². The number of carbonyl (C=O) groups is 2. The first-order valence-electron chi connectivity index (χ1n) is 8.34. The molecule has 0 aromatic heterocycles. The van der Waals surface area contributed by atoms with Crippen molar-refractivity contribution in [2.45, 2.75) is 32.7 Å². The van der Waals surface area contributed by atoms with Crippen LogP contribution in [-0.2, 0) is 20.7 Å². The van der Waals surface area contributed by atoms with Crippen LogP contribution in [0.2, 0.25) is 10.0 Å². The lowest BCUT2D eigenvalue weighted by Crippen LogP contribution is -2.32. The normalized spacial score (nSPS) is 11.7. The minimum Gasteiger partial charge on any atom is -0.455 e. The molecule has 0 spiro atoms. The molecule has 0 aliphatic heterocycles. The van der Waals surface area contributed by atoms with Crippen molar-refractivity contribution in [1.82, 2.24) is 5.32 Å². The summed E-state index contributed by atoms with van der Waals surface area (Å²) in [5.74, 6) is -0.832. The summed E-state index contributed by atoms with van der Waals surface area (Å²) >= 11 is 11.8. The molecule has 1 amide bonds. The van der Waals surface area contributed by atoms with Gasteiger partial charge < -0.3 is 10.1 Å². The number of carbonyl (C=O) groups excluding carboxylic acids is 2. The number of ether oxygens (including phenoxy) is 1. The Labute approximate surface area is 163 Å². The third-order valence-electron chi connectivity index (χ3n) is 3.92. The molecule has 0 radical (unpaired) electrons. The van der Waals surface area contributed by atoms with Gasteiger partial charge in [-0.2, -0.15) is 0 Å². The quantitative estimate of drug-likeness (QED) is 0.696. The zero-order valence-corrected chi connectivity index (χ0v) is 16.2. The molecule has 138 valence electrons. The number of hydrogen-bond donors (Lipinski definition) is 1. The summed E-state index contributed by atoms with van der Waals surface area (Å²) in [6, 6.07) is 12.8. The predicted octanol–water partition coefficient (Wildman–Crippen LogP) is 4.66. The zero-order chi connectivity index (χ0) is 19.1. The smallest absolute Gasteiger partial charge is 0.310 e. The van der Waals surface area contributed by atoms with Crippen LogP contribution in [0.4, 0.5) is 0 Å². The molecular formula is C20H21Cl2NO3. The Morgan fingerprint density at radius 3 is 2.38 bits per heavy atom. The lowest BCUT2D eigenvalue weighted by atomic mass is 10.0. The van der Waals surface area contributed by atoms with Gasteiger partial charge in [-0.05, 0) is 36.6 Å². The molecule has 6 heteroatoms. The fourth-order valence-corrected chi connectivity index (χ4v) is 2.79. The SMILES string of the molecule is CC[C@H](NC(=O)COC(=O)Cc1ccc(Cl)c(Cl)c1)c1ccc(C)cc1. The fraction of sp³-hybridized carbons (Fsp3) is 0.300. The first-order valence-corrected chi connectivity index (χ1v) is 9.10. The monoisotopic (exact) mass is 393 g/mol. The van der Waals surface area contributed by atoms with Crippen LogP contribution in [0, 0.1) is 6.92 Å². The second kappa shape index (κ2) is 9.60. The van der Waals surface area contributed by atoms with Gasteiger partial charge in [0.25, 0.3) is 5.91 Å². The molecule has 2 aromatic rings. The first kappa shape index (κ1) is 20.3. The summed E-state index contributed by atoms with van der Waals surface area (Å²) < 4.78 is 5.05. The van der Waals surface area contributed by atoms with Gasteiger partial charge in [0.15, 0.2) is 6.61 Å². The average molecular weight is 394 g/mol. The van der Waals surface area contributed by atoms with Crippen molar-refractivity contribution in [2.24, 2.45) is 0 Å². The highest BCUT2D eigenvalue weighted by Crippen LogP contribution is 2.23. The lowest BCUT2D eigenvalue weighted by molar-refractivity contribution is -0.148. The van der Waals surface area contributed by atoms with Crippen LogP contribution in [0.15, 0.2) is 42.5 Å². The van der Waals surface area contributed by atoms with Gasteiger partial charge in [0, 0.05) is 0 Å². The van der Waals surface area contributed by atoms with E-state index in [9.17, 15) is 9.59 Å². The molecule has 4 nitrogen and oxygen atoms in total.